The van der Waals surface area contributed by atoms with E-state index in [0.29, 0.717) is 26.1 Å². The lowest BCUT2D eigenvalue weighted by atomic mass is 9.91. The highest BCUT2D eigenvalue weighted by molar-refractivity contribution is 6.15. The van der Waals surface area contributed by atoms with Crippen molar-refractivity contribution in [1.29, 1.82) is 0 Å². The molecule has 0 spiro atoms. The second kappa shape index (κ2) is 8.44. The normalized spacial score (nSPS) is 14.9. The first-order valence-corrected chi connectivity index (χ1v) is 10.8. The molecular formula is C26H26N4O. The van der Waals surface area contributed by atoms with Gasteiger partial charge in [0.15, 0.2) is 0 Å². The molecule has 5 rings (SSSR count). The number of pyridine rings is 1. The molecule has 0 aliphatic carbocycles. The lowest BCUT2D eigenvalue weighted by Crippen LogP contribution is -2.40. The van der Waals surface area contributed by atoms with E-state index < -0.39 is 0 Å². The van der Waals surface area contributed by atoms with Crippen molar-refractivity contribution in [3.8, 4) is 0 Å². The Balaban J connectivity index is 1.28. The van der Waals surface area contributed by atoms with Crippen molar-refractivity contribution in [2.24, 2.45) is 4.99 Å². The number of rotatable bonds is 6. The quantitative estimate of drug-likeness (QED) is 0.634. The van der Waals surface area contributed by atoms with Crippen molar-refractivity contribution in [2.75, 3.05) is 13.1 Å². The summed E-state index contributed by atoms with van der Waals surface area (Å²) >= 11 is 0. The summed E-state index contributed by atoms with van der Waals surface area (Å²) in [7, 11) is 0. The molecule has 5 heteroatoms. The number of amides is 1. The fourth-order valence-electron chi connectivity index (χ4n) is 4.41. The average Bonchev–Trinajstić information content (AvgIpc) is 3.19. The number of carbonyl (C=O) groups is 1. The van der Waals surface area contributed by atoms with Crippen LogP contribution >= 0.6 is 0 Å². The molecule has 0 fully saturated rings. The summed E-state index contributed by atoms with van der Waals surface area (Å²) in [6.07, 6.45) is 2.32. The molecule has 1 N–H and O–H groups in total. The predicted molar refractivity (Wildman–Crippen MR) is 122 cm³/mol. The Hall–Kier alpha value is -3.31. The number of benzene rings is 2. The van der Waals surface area contributed by atoms with Crippen molar-refractivity contribution < 1.29 is 4.79 Å². The van der Waals surface area contributed by atoms with Crippen molar-refractivity contribution in [3.05, 3.63) is 99.9 Å². The minimum atomic E-state index is 0.206. The predicted octanol–water partition coefficient (Wildman–Crippen LogP) is 3.42. The molecule has 3 heterocycles. The van der Waals surface area contributed by atoms with E-state index in [1.54, 1.807) is 0 Å². The molecule has 2 aliphatic rings. The number of carbonyl (C=O) groups excluding carboxylic acids is 1. The number of hydrogen-bond donors (Lipinski definition) is 1. The first kappa shape index (κ1) is 19.6. The third-order valence-corrected chi connectivity index (χ3v) is 6.04. The second-order valence-corrected chi connectivity index (χ2v) is 8.28. The Morgan fingerprint density at radius 1 is 1.03 bits per heavy atom. The Kier molecular flexibility index (Phi) is 5.35. The molecule has 0 saturated carbocycles. The monoisotopic (exact) mass is 410 g/mol. The fraction of sp³-hybridized carbons (Fsp3) is 0.269. The Bertz CT molecular complexity index is 1150. The van der Waals surface area contributed by atoms with Gasteiger partial charge in [-0.25, -0.2) is 0 Å². The van der Waals surface area contributed by atoms with Gasteiger partial charge < -0.3 is 10.2 Å². The maximum Gasteiger partial charge on any atom is 0.227 e. The summed E-state index contributed by atoms with van der Waals surface area (Å²) in [6.45, 7) is 5.66. The first-order valence-electron chi connectivity index (χ1n) is 10.8. The molecule has 2 aromatic carbocycles. The molecule has 3 aromatic rings. The largest absolute Gasteiger partial charge is 0.337 e. The molecule has 1 amide bonds. The van der Waals surface area contributed by atoms with Gasteiger partial charge in [-0.3, -0.25) is 14.8 Å². The summed E-state index contributed by atoms with van der Waals surface area (Å²) in [5.41, 5.74) is 9.20. The van der Waals surface area contributed by atoms with Crippen LogP contribution in [0, 0.1) is 6.92 Å². The van der Waals surface area contributed by atoms with E-state index in [-0.39, 0.29) is 5.91 Å². The van der Waals surface area contributed by atoms with Crippen LogP contribution in [0.2, 0.25) is 0 Å². The molecule has 1 aromatic heterocycles. The van der Waals surface area contributed by atoms with Gasteiger partial charge in [-0.2, -0.15) is 0 Å². The maximum absolute atomic E-state index is 12.7. The van der Waals surface area contributed by atoms with E-state index in [2.05, 4.69) is 40.6 Å². The van der Waals surface area contributed by atoms with Crippen LogP contribution in [0.3, 0.4) is 0 Å². The molecule has 31 heavy (non-hydrogen) atoms. The molecule has 5 nitrogen and oxygen atoms in total. The Morgan fingerprint density at radius 2 is 1.90 bits per heavy atom. The van der Waals surface area contributed by atoms with E-state index in [4.69, 9.17) is 4.99 Å². The third kappa shape index (κ3) is 4.14. The van der Waals surface area contributed by atoms with Gasteiger partial charge in [-0.1, -0.05) is 36.4 Å². The highest BCUT2D eigenvalue weighted by Crippen LogP contribution is 2.30. The summed E-state index contributed by atoms with van der Waals surface area (Å²) in [6, 6.07) is 18.9. The van der Waals surface area contributed by atoms with Crippen LogP contribution in [-0.2, 0) is 30.8 Å². The molecule has 0 unspecified atom stereocenters. The van der Waals surface area contributed by atoms with Gasteiger partial charge in [0.2, 0.25) is 5.91 Å². The highest BCUT2D eigenvalue weighted by Gasteiger charge is 2.26. The molecular weight excluding hydrogens is 384 g/mol. The Labute approximate surface area is 182 Å². The zero-order valence-electron chi connectivity index (χ0n) is 17.8. The van der Waals surface area contributed by atoms with Gasteiger partial charge in [0, 0.05) is 49.2 Å². The number of hydrogen-bond acceptors (Lipinski definition) is 4. The average molecular weight is 411 g/mol. The van der Waals surface area contributed by atoms with E-state index in [1.165, 1.54) is 22.3 Å². The van der Waals surface area contributed by atoms with Gasteiger partial charge >= 0.3 is 0 Å². The topological polar surface area (TPSA) is 57.6 Å². The molecule has 0 saturated heterocycles. The number of aromatic nitrogens is 1. The number of fused-ring (bicyclic) bond motifs is 2. The standard InChI is InChI=1S/C26H26N4O/c1-18-11-20(7-8-28-18)26-24-13-23-17-30(10-9-27-15-19-5-3-2-4-6-19)25(31)14-21(23)12-22(24)16-29-26/h2-8,11-13,27H,9-10,14-17H2,1H3. The molecule has 156 valence electrons. The van der Waals surface area contributed by atoms with Crippen molar-refractivity contribution in [2.45, 2.75) is 33.0 Å². The fourth-order valence-corrected chi connectivity index (χ4v) is 4.41. The smallest absolute Gasteiger partial charge is 0.227 e. The van der Waals surface area contributed by atoms with Crippen LogP contribution in [0.4, 0.5) is 0 Å². The van der Waals surface area contributed by atoms with Crippen LogP contribution < -0.4 is 5.32 Å². The van der Waals surface area contributed by atoms with Crippen molar-refractivity contribution in [1.82, 2.24) is 15.2 Å². The number of aliphatic imine (C=N–C) groups is 1. The van der Waals surface area contributed by atoms with Gasteiger partial charge in [-0.15, -0.1) is 0 Å². The van der Waals surface area contributed by atoms with Crippen LogP contribution in [0.5, 0.6) is 0 Å². The number of nitrogens with zero attached hydrogens (tertiary/aromatic N) is 3. The van der Waals surface area contributed by atoms with Crippen LogP contribution in [0.1, 0.15) is 39.1 Å². The van der Waals surface area contributed by atoms with Crippen LogP contribution in [-0.4, -0.2) is 34.6 Å². The minimum absolute atomic E-state index is 0.206. The van der Waals surface area contributed by atoms with Gasteiger partial charge in [0.1, 0.15) is 0 Å². The summed E-state index contributed by atoms with van der Waals surface area (Å²) in [4.78, 5) is 23.8. The van der Waals surface area contributed by atoms with Gasteiger partial charge in [0.05, 0.1) is 18.7 Å². The van der Waals surface area contributed by atoms with Crippen LogP contribution in [0.25, 0.3) is 0 Å². The van der Waals surface area contributed by atoms with E-state index >= 15 is 0 Å². The lowest BCUT2D eigenvalue weighted by Gasteiger charge is -2.29. The lowest BCUT2D eigenvalue weighted by molar-refractivity contribution is -0.131. The highest BCUT2D eigenvalue weighted by atomic mass is 16.2. The summed E-state index contributed by atoms with van der Waals surface area (Å²) in [5, 5.41) is 3.45. The van der Waals surface area contributed by atoms with Gasteiger partial charge in [-0.05, 0) is 47.4 Å². The van der Waals surface area contributed by atoms with E-state index in [0.717, 1.165) is 35.6 Å². The summed E-state index contributed by atoms with van der Waals surface area (Å²) < 4.78 is 0. The van der Waals surface area contributed by atoms with Crippen molar-refractivity contribution >= 4 is 11.6 Å². The van der Waals surface area contributed by atoms with E-state index in [9.17, 15) is 4.79 Å². The molecule has 0 bridgehead atoms. The summed E-state index contributed by atoms with van der Waals surface area (Å²) in [5.74, 6) is 0.206. The molecule has 0 atom stereocenters. The SMILES string of the molecule is Cc1cc(C2=NCc3cc4c(cc32)CN(CCNCc2ccccc2)C(=O)C4)ccn1. The van der Waals surface area contributed by atoms with Crippen LogP contribution in [0.15, 0.2) is 65.8 Å². The Morgan fingerprint density at radius 3 is 2.74 bits per heavy atom. The van der Waals surface area contributed by atoms with Gasteiger partial charge in [0.25, 0.3) is 0 Å². The zero-order valence-corrected chi connectivity index (χ0v) is 17.8. The van der Waals surface area contributed by atoms with Crippen molar-refractivity contribution in [3.63, 3.8) is 0 Å². The third-order valence-electron chi connectivity index (χ3n) is 6.04. The number of aryl methyl sites for hydroxylation is 1. The first-order chi connectivity index (χ1) is 15.2. The van der Waals surface area contributed by atoms with E-state index in [1.807, 2.05) is 42.3 Å². The molecule has 0 radical (unpaired) electrons. The second-order valence-electron chi connectivity index (χ2n) is 8.28. The molecule has 2 aliphatic heterocycles. The number of nitrogens with one attached hydrogen (secondary N) is 1. The maximum atomic E-state index is 12.7. The minimum Gasteiger partial charge on any atom is -0.337 e. The zero-order chi connectivity index (χ0) is 21.2.